The first-order valence-corrected chi connectivity index (χ1v) is 6.27. The van der Waals surface area contributed by atoms with Gasteiger partial charge in [0.25, 0.3) is 0 Å². The van der Waals surface area contributed by atoms with Crippen molar-refractivity contribution in [3.8, 4) is 0 Å². The van der Waals surface area contributed by atoms with E-state index in [1.165, 1.54) is 0 Å². The topological polar surface area (TPSA) is 29.1 Å². The molecule has 2 rings (SSSR count). The Morgan fingerprint density at radius 1 is 1.53 bits per heavy atom. The number of amides is 1. The fourth-order valence-electron chi connectivity index (χ4n) is 1.49. The highest BCUT2D eigenvalue weighted by molar-refractivity contribution is 8.00. The van der Waals surface area contributed by atoms with Crippen LogP contribution in [0.25, 0.3) is 0 Å². The molecule has 0 saturated carbocycles. The zero-order chi connectivity index (χ0) is 11.0. The highest BCUT2D eigenvalue weighted by Gasteiger charge is 2.23. The molecule has 0 saturated heterocycles. The Morgan fingerprint density at radius 2 is 2.27 bits per heavy atom. The van der Waals surface area contributed by atoms with Gasteiger partial charge in [-0.15, -0.1) is 11.8 Å². The van der Waals surface area contributed by atoms with Crippen molar-refractivity contribution < 1.29 is 4.79 Å². The average Bonchev–Trinajstić information content (AvgIpc) is 2.19. The second-order valence-corrected chi connectivity index (χ2v) is 5.84. The smallest absolute Gasteiger partial charge is 0.237 e. The van der Waals surface area contributed by atoms with E-state index in [0.717, 1.165) is 16.1 Å². The van der Waals surface area contributed by atoms with Gasteiger partial charge in [-0.05, 0) is 31.5 Å². The molecular weight excluding hydrogens is 226 g/mol. The van der Waals surface area contributed by atoms with Gasteiger partial charge in [0, 0.05) is 10.1 Å². The quantitative estimate of drug-likeness (QED) is 0.737. The fraction of sp³-hybridized carbons (Fsp3) is 0.364. The molecule has 2 nitrogen and oxygen atoms in total. The Kier molecular flexibility index (Phi) is 2.98. The van der Waals surface area contributed by atoms with Gasteiger partial charge < -0.3 is 5.32 Å². The van der Waals surface area contributed by atoms with Crippen LogP contribution in [-0.2, 0) is 4.79 Å². The molecule has 0 aromatic heterocycles. The third-order valence-electron chi connectivity index (χ3n) is 2.42. The van der Waals surface area contributed by atoms with Crippen molar-refractivity contribution in [2.24, 2.45) is 0 Å². The van der Waals surface area contributed by atoms with Gasteiger partial charge in [0.2, 0.25) is 5.91 Å². The van der Waals surface area contributed by atoms with Gasteiger partial charge in [-0.25, -0.2) is 0 Å². The van der Waals surface area contributed by atoms with E-state index in [2.05, 4.69) is 30.1 Å². The second-order valence-electron chi connectivity index (χ2n) is 3.68. The zero-order valence-corrected chi connectivity index (χ0v) is 10.4. The Balaban J connectivity index is 2.37. The summed E-state index contributed by atoms with van der Waals surface area (Å²) in [6.45, 7) is 3.93. The highest BCUT2D eigenvalue weighted by atomic mass is 32.2. The summed E-state index contributed by atoms with van der Waals surface area (Å²) in [5, 5.41) is 3.10. The molecule has 1 aromatic carbocycles. The van der Waals surface area contributed by atoms with Crippen LogP contribution in [0.2, 0.25) is 0 Å². The van der Waals surface area contributed by atoms with Crippen LogP contribution < -0.4 is 5.32 Å². The molecule has 1 aliphatic rings. The van der Waals surface area contributed by atoms with Crippen molar-refractivity contribution in [3.63, 3.8) is 0 Å². The third kappa shape index (κ3) is 2.16. The summed E-state index contributed by atoms with van der Waals surface area (Å²) in [4.78, 5) is 12.6. The van der Waals surface area contributed by atoms with Crippen molar-refractivity contribution in [2.45, 2.75) is 29.2 Å². The van der Waals surface area contributed by atoms with E-state index in [-0.39, 0.29) is 16.4 Å². The Labute approximate surface area is 99.2 Å². The summed E-state index contributed by atoms with van der Waals surface area (Å²) in [6.07, 6.45) is 0. The summed E-state index contributed by atoms with van der Waals surface area (Å²) in [5.74, 6) is 0.0801. The van der Waals surface area contributed by atoms with Gasteiger partial charge in [-0.2, -0.15) is 12.6 Å². The van der Waals surface area contributed by atoms with E-state index in [1.54, 1.807) is 11.8 Å². The van der Waals surface area contributed by atoms with Crippen LogP contribution in [0.3, 0.4) is 0 Å². The molecule has 2 atom stereocenters. The van der Waals surface area contributed by atoms with E-state index < -0.39 is 0 Å². The minimum atomic E-state index is -0.00299. The van der Waals surface area contributed by atoms with Crippen LogP contribution >= 0.6 is 24.4 Å². The van der Waals surface area contributed by atoms with E-state index in [0.29, 0.717) is 0 Å². The van der Waals surface area contributed by atoms with Gasteiger partial charge >= 0.3 is 0 Å². The summed E-state index contributed by atoms with van der Waals surface area (Å²) < 4.78 is 0. The van der Waals surface area contributed by atoms with Crippen LogP contribution in [0, 0.1) is 0 Å². The molecule has 0 spiro atoms. The van der Waals surface area contributed by atoms with Crippen LogP contribution in [-0.4, -0.2) is 11.2 Å². The number of benzene rings is 1. The third-order valence-corrected chi connectivity index (χ3v) is 3.89. The Hall–Kier alpha value is -0.610. The van der Waals surface area contributed by atoms with Gasteiger partial charge in [0.05, 0.1) is 10.9 Å². The lowest BCUT2D eigenvalue weighted by atomic mass is 10.1. The molecule has 1 N–H and O–H groups in total. The highest BCUT2D eigenvalue weighted by Crippen LogP contribution is 2.37. The lowest BCUT2D eigenvalue weighted by molar-refractivity contribution is -0.115. The number of nitrogens with one attached hydrogen (secondary N) is 1. The van der Waals surface area contributed by atoms with E-state index >= 15 is 0 Å². The summed E-state index contributed by atoms with van der Waals surface area (Å²) in [5.41, 5.74) is 2.05. The van der Waals surface area contributed by atoms with Crippen molar-refractivity contribution in [2.75, 3.05) is 5.32 Å². The number of carbonyl (C=O) groups excluding carboxylic acids is 1. The van der Waals surface area contributed by atoms with E-state index in [9.17, 15) is 4.79 Å². The maximum atomic E-state index is 11.5. The number of rotatable bonds is 1. The summed E-state index contributed by atoms with van der Waals surface area (Å²) >= 11 is 5.98. The Morgan fingerprint density at radius 3 is 2.93 bits per heavy atom. The number of hydrogen-bond acceptors (Lipinski definition) is 3. The molecule has 0 fully saturated rings. The number of fused-ring (bicyclic) bond motifs is 1. The Bertz CT molecular complexity index is 404. The molecule has 0 aliphatic carbocycles. The molecule has 15 heavy (non-hydrogen) atoms. The predicted molar refractivity (Wildman–Crippen MR) is 67.8 cm³/mol. The second kappa shape index (κ2) is 4.10. The molecule has 1 aliphatic heterocycles. The predicted octanol–water partition coefficient (Wildman–Crippen LogP) is 3.11. The molecule has 4 heteroatoms. The molecule has 1 amide bonds. The van der Waals surface area contributed by atoms with Crippen LogP contribution in [0.5, 0.6) is 0 Å². The number of thioether (sulfide) groups is 1. The largest absolute Gasteiger partial charge is 0.324 e. The SMILES string of the molecule is CC1Sc2ccc(C(C)S)cc2NC1=O. The summed E-state index contributed by atoms with van der Waals surface area (Å²) in [6, 6.07) is 6.12. The zero-order valence-electron chi connectivity index (χ0n) is 8.65. The number of thiol groups is 1. The first kappa shape index (κ1) is 10.9. The van der Waals surface area contributed by atoms with Crippen LogP contribution in [0.1, 0.15) is 24.7 Å². The monoisotopic (exact) mass is 239 g/mol. The maximum Gasteiger partial charge on any atom is 0.237 e. The molecular formula is C11H13NOS2. The first-order valence-electron chi connectivity index (χ1n) is 4.87. The maximum absolute atomic E-state index is 11.5. The first-order chi connectivity index (χ1) is 7.08. The van der Waals surface area contributed by atoms with Crippen LogP contribution in [0.15, 0.2) is 23.1 Å². The van der Waals surface area contributed by atoms with Gasteiger partial charge in [-0.1, -0.05) is 6.07 Å². The van der Waals surface area contributed by atoms with E-state index in [4.69, 9.17) is 0 Å². The van der Waals surface area contributed by atoms with Gasteiger partial charge in [0.1, 0.15) is 0 Å². The molecule has 2 unspecified atom stereocenters. The molecule has 0 bridgehead atoms. The van der Waals surface area contributed by atoms with E-state index in [1.807, 2.05) is 19.9 Å². The lowest BCUT2D eigenvalue weighted by Crippen LogP contribution is -2.26. The lowest BCUT2D eigenvalue weighted by Gasteiger charge is -2.22. The summed E-state index contributed by atoms with van der Waals surface area (Å²) in [7, 11) is 0. The molecule has 1 heterocycles. The van der Waals surface area contributed by atoms with Crippen molar-refractivity contribution >= 4 is 36.0 Å². The fourth-order valence-corrected chi connectivity index (χ4v) is 2.58. The number of hydrogen-bond donors (Lipinski definition) is 2. The average molecular weight is 239 g/mol. The molecule has 80 valence electrons. The minimum Gasteiger partial charge on any atom is -0.324 e. The van der Waals surface area contributed by atoms with Crippen molar-refractivity contribution in [1.29, 1.82) is 0 Å². The van der Waals surface area contributed by atoms with Crippen LogP contribution in [0.4, 0.5) is 5.69 Å². The van der Waals surface area contributed by atoms with Crippen molar-refractivity contribution in [1.82, 2.24) is 0 Å². The van der Waals surface area contributed by atoms with Gasteiger partial charge in [-0.3, -0.25) is 4.79 Å². The molecule has 1 aromatic rings. The minimum absolute atomic E-state index is 0.00299. The number of carbonyl (C=O) groups is 1. The van der Waals surface area contributed by atoms with Crippen molar-refractivity contribution in [3.05, 3.63) is 23.8 Å². The molecule has 0 radical (unpaired) electrons. The van der Waals surface area contributed by atoms with Gasteiger partial charge in [0.15, 0.2) is 0 Å². The normalized spacial score (nSPS) is 21.8. The standard InChI is InChI=1S/C11H13NOS2/c1-6(14)8-3-4-10-9(5-8)12-11(13)7(2)15-10/h3-7,14H,1-2H3,(H,12,13). The number of anilines is 1.